The number of carbonyl (C=O) groups excluding carboxylic acids is 1. The number of rotatable bonds is 6. The summed E-state index contributed by atoms with van der Waals surface area (Å²) < 4.78 is 41.2. The number of aromatic nitrogens is 3. The lowest BCUT2D eigenvalue weighted by molar-refractivity contribution is -0.137. The van der Waals surface area contributed by atoms with Gasteiger partial charge in [-0.05, 0) is 23.8 Å². The number of hydrogen-bond donors (Lipinski definition) is 1. The predicted octanol–water partition coefficient (Wildman–Crippen LogP) is 5.52. The molecule has 0 saturated heterocycles. The summed E-state index contributed by atoms with van der Waals surface area (Å²) in [6.07, 6.45) is -3.95. The summed E-state index contributed by atoms with van der Waals surface area (Å²) in [7, 11) is 1.80. The standard InChI is InChI=1S/C20H18ClF3N4OS/c1-3-16-26-27-19(28(16)2)30-17(12-7-5-4-6-8-12)18(29)25-13-9-10-15(21)14(11-13)20(22,23)24/h4-11,17H,3H2,1-2H3,(H,25,29). The van der Waals surface area contributed by atoms with Gasteiger partial charge in [-0.1, -0.05) is 60.6 Å². The first kappa shape index (κ1) is 22.2. The molecule has 2 aromatic carbocycles. The minimum absolute atomic E-state index is 0.00506. The average Bonchev–Trinajstić information content (AvgIpc) is 3.06. The number of benzene rings is 2. The molecule has 0 fully saturated rings. The highest BCUT2D eigenvalue weighted by Crippen LogP contribution is 2.38. The average molecular weight is 455 g/mol. The lowest BCUT2D eigenvalue weighted by Gasteiger charge is -2.17. The molecule has 1 aromatic heterocycles. The Labute approximate surface area is 180 Å². The number of nitrogens with zero attached hydrogens (tertiary/aromatic N) is 3. The summed E-state index contributed by atoms with van der Waals surface area (Å²) in [4.78, 5) is 13.0. The van der Waals surface area contributed by atoms with E-state index in [1.807, 2.05) is 13.0 Å². The first-order chi connectivity index (χ1) is 14.2. The molecule has 1 atom stereocenters. The number of anilines is 1. The first-order valence-electron chi connectivity index (χ1n) is 8.98. The van der Waals surface area contributed by atoms with E-state index in [0.717, 1.165) is 18.0 Å². The summed E-state index contributed by atoms with van der Waals surface area (Å²) in [6.45, 7) is 1.94. The summed E-state index contributed by atoms with van der Waals surface area (Å²) >= 11 is 6.84. The number of carbonyl (C=O) groups is 1. The molecule has 3 rings (SSSR count). The number of alkyl halides is 3. The van der Waals surface area contributed by atoms with Gasteiger partial charge in [-0.15, -0.1) is 10.2 Å². The summed E-state index contributed by atoms with van der Waals surface area (Å²) in [5.74, 6) is 0.278. The number of nitrogens with one attached hydrogen (secondary N) is 1. The van der Waals surface area contributed by atoms with Gasteiger partial charge in [-0.3, -0.25) is 4.79 Å². The van der Waals surface area contributed by atoms with Crippen molar-refractivity contribution in [3.05, 3.63) is 70.5 Å². The van der Waals surface area contributed by atoms with Crippen molar-refractivity contribution in [3.63, 3.8) is 0 Å². The molecule has 158 valence electrons. The van der Waals surface area contributed by atoms with E-state index in [1.54, 1.807) is 35.9 Å². The molecule has 5 nitrogen and oxygen atoms in total. The first-order valence-corrected chi connectivity index (χ1v) is 10.2. The predicted molar refractivity (Wildman–Crippen MR) is 111 cm³/mol. The van der Waals surface area contributed by atoms with Crippen LogP contribution in [0, 0.1) is 0 Å². The monoisotopic (exact) mass is 454 g/mol. The second kappa shape index (κ2) is 9.09. The molecule has 0 bridgehead atoms. The Morgan fingerprint density at radius 3 is 2.50 bits per heavy atom. The van der Waals surface area contributed by atoms with Gasteiger partial charge in [0.2, 0.25) is 5.91 Å². The van der Waals surface area contributed by atoms with Crippen LogP contribution in [0.3, 0.4) is 0 Å². The van der Waals surface area contributed by atoms with Crippen LogP contribution in [0.4, 0.5) is 18.9 Å². The molecule has 0 radical (unpaired) electrons. The molecule has 0 spiro atoms. The van der Waals surface area contributed by atoms with Gasteiger partial charge in [-0.25, -0.2) is 0 Å². The van der Waals surface area contributed by atoms with Gasteiger partial charge < -0.3 is 9.88 Å². The highest BCUT2D eigenvalue weighted by molar-refractivity contribution is 8.00. The topological polar surface area (TPSA) is 59.8 Å². The molecule has 0 saturated carbocycles. The van der Waals surface area contributed by atoms with Crippen molar-refractivity contribution in [2.75, 3.05) is 5.32 Å². The molecule has 30 heavy (non-hydrogen) atoms. The van der Waals surface area contributed by atoms with Gasteiger partial charge in [0.1, 0.15) is 11.1 Å². The van der Waals surface area contributed by atoms with Gasteiger partial charge in [-0.2, -0.15) is 13.2 Å². The van der Waals surface area contributed by atoms with Crippen molar-refractivity contribution >= 4 is 35.0 Å². The van der Waals surface area contributed by atoms with Crippen LogP contribution in [0.1, 0.15) is 29.1 Å². The lowest BCUT2D eigenvalue weighted by Crippen LogP contribution is -2.20. The molecule has 1 heterocycles. The van der Waals surface area contributed by atoms with Gasteiger partial charge in [0, 0.05) is 19.2 Å². The van der Waals surface area contributed by atoms with E-state index >= 15 is 0 Å². The van der Waals surface area contributed by atoms with Crippen molar-refractivity contribution in [1.82, 2.24) is 14.8 Å². The van der Waals surface area contributed by atoms with E-state index in [9.17, 15) is 18.0 Å². The van der Waals surface area contributed by atoms with Crippen molar-refractivity contribution in [2.45, 2.75) is 29.9 Å². The zero-order valence-electron chi connectivity index (χ0n) is 16.1. The molecule has 0 aliphatic rings. The highest BCUT2D eigenvalue weighted by Gasteiger charge is 2.34. The van der Waals surface area contributed by atoms with Crippen molar-refractivity contribution < 1.29 is 18.0 Å². The zero-order valence-corrected chi connectivity index (χ0v) is 17.6. The largest absolute Gasteiger partial charge is 0.417 e. The van der Waals surface area contributed by atoms with Crippen molar-refractivity contribution in [1.29, 1.82) is 0 Å². The minimum atomic E-state index is -4.62. The third-order valence-corrected chi connectivity index (χ3v) is 5.96. The summed E-state index contributed by atoms with van der Waals surface area (Å²) in [6, 6.07) is 12.2. The third-order valence-electron chi connectivity index (χ3n) is 4.34. The van der Waals surface area contributed by atoms with Gasteiger partial charge in [0.15, 0.2) is 5.16 Å². The fourth-order valence-corrected chi connectivity index (χ4v) is 4.04. The van der Waals surface area contributed by atoms with E-state index in [4.69, 9.17) is 11.6 Å². The smallest absolute Gasteiger partial charge is 0.325 e. The Hall–Kier alpha value is -2.52. The fraction of sp³-hybridized carbons (Fsp3) is 0.250. The molecular weight excluding hydrogens is 437 g/mol. The lowest BCUT2D eigenvalue weighted by atomic mass is 10.1. The number of halogens is 4. The third kappa shape index (κ3) is 4.96. The van der Waals surface area contributed by atoms with E-state index in [0.29, 0.717) is 17.1 Å². The van der Waals surface area contributed by atoms with Gasteiger partial charge in [0.25, 0.3) is 0 Å². The Bertz CT molecular complexity index is 1040. The summed E-state index contributed by atoms with van der Waals surface area (Å²) in [5, 5.41) is 10.1. The van der Waals surface area contributed by atoms with Crippen molar-refractivity contribution in [3.8, 4) is 0 Å². The van der Waals surface area contributed by atoms with Crippen LogP contribution in [0.5, 0.6) is 0 Å². The van der Waals surface area contributed by atoms with E-state index in [1.165, 1.54) is 17.8 Å². The van der Waals surface area contributed by atoms with E-state index in [2.05, 4.69) is 15.5 Å². The van der Waals surface area contributed by atoms with Crippen LogP contribution in [0.2, 0.25) is 5.02 Å². The Morgan fingerprint density at radius 1 is 1.20 bits per heavy atom. The van der Waals surface area contributed by atoms with Gasteiger partial charge >= 0.3 is 6.18 Å². The Kier molecular flexibility index (Phi) is 6.72. The SMILES string of the molecule is CCc1nnc(SC(C(=O)Nc2ccc(Cl)c(C(F)(F)F)c2)c2ccccc2)n1C. The maximum absolute atomic E-state index is 13.1. The van der Waals surface area contributed by atoms with E-state index in [-0.39, 0.29) is 5.69 Å². The molecule has 1 N–H and O–H groups in total. The Morgan fingerprint density at radius 2 is 1.90 bits per heavy atom. The van der Waals surface area contributed by atoms with E-state index < -0.39 is 27.9 Å². The number of amides is 1. The maximum atomic E-state index is 13.1. The molecule has 0 aliphatic heterocycles. The van der Waals surface area contributed by atoms with Crippen LogP contribution in [0.15, 0.2) is 53.7 Å². The van der Waals surface area contributed by atoms with Crippen LogP contribution in [0.25, 0.3) is 0 Å². The van der Waals surface area contributed by atoms with Gasteiger partial charge in [0.05, 0.1) is 10.6 Å². The summed E-state index contributed by atoms with van der Waals surface area (Å²) in [5.41, 5.74) is -0.316. The number of hydrogen-bond acceptors (Lipinski definition) is 4. The van der Waals surface area contributed by atoms with Crippen molar-refractivity contribution in [2.24, 2.45) is 7.05 Å². The normalized spacial score (nSPS) is 12.6. The molecule has 1 unspecified atom stereocenters. The van der Waals surface area contributed by atoms with Crippen LogP contribution < -0.4 is 5.32 Å². The molecule has 10 heteroatoms. The highest BCUT2D eigenvalue weighted by atomic mass is 35.5. The quantitative estimate of drug-likeness (QED) is 0.498. The van der Waals surface area contributed by atoms with Crippen LogP contribution >= 0.6 is 23.4 Å². The molecule has 3 aromatic rings. The minimum Gasteiger partial charge on any atom is -0.325 e. The molecule has 1 amide bonds. The van der Waals surface area contributed by atoms with Crippen LogP contribution in [-0.4, -0.2) is 20.7 Å². The Balaban J connectivity index is 1.90. The zero-order chi connectivity index (χ0) is 21.9. The second-order valence-corrected chi connectivity index (χ2v) is 7.88. The molecule has 0 aliphatic carbocycles. The second-order valence-electron chi connectivity index (χ2n) is 6.40. The number of thioether (sulfide) groups is 1. The maximum Gasteiger partial charge on any atom is 0.417 e. The number of aryl methyl sites for hydroxylation is 1. The van der Waals surface area contributed by atoms with Crippen LogP contribution in [-0.2, 0) is 24.4 Å². The fourth-order valence-electron chi connectivity index (χ4n) is 2.79. The molecular formula is C20H18ClF3N4OS.